The van der Waals surface area contributed by atoms with E-state index in [0.717, 1.165) is 22.0 Å². The average Bonchev–Trinajstić information content (AvgIpc) is 3.02. The Morgan fingerprint density at radius 3 is 2.58 bits per heavy atom. The smallest absolute Gasteiger partial charge is 0.276 e. The van der Waals surface area contributed by atoms with E-state index in [1.807, 2.05) is 73.1 Å². The van der Waals surface area contributed by atoms with Gasteiger partial charge >= 0.3 is 0 Å². The van der Waals surface area contributed by atoms with Crippen molar-refractivity contribution in [3.8, 4) is 5.75 Å². The monoisotopic (exact) mass is 351 g/mol. The third-order valence-corrected chi connectivity index (χ3v) is 4.02. The summed E-state index contributed by atoms with van der Waals surface area (Å²) in [7, 11) is 0. The number of hydrogen-bond acceptors (Lipinski definition) is 3. The maximum Gasteiger partial charge on any atom is 0.276 e. The number of aryl methyl sites for hydroxylation is 2. The van der Waals surface area contributed by atoms with Crippen LogP contribution in [0.2, 0.25) is 0 Å². The van der Waals surface area contributed by atoms with Crippen LogP contribution in [0, 0.1) is 13.8 Å². The quantitative estimate of drug-likeness (QED) is 0.694. The van der Waals surface area contributed by atoms with Gasteiger partial charge in [0.15, 0.2) is 6.61 Å². The van der Waals surface area contributed by atoms with Gasteiger partial charge in [-0.2, -0.15) is 0 Å². The highest BCUT2D eigenvalue weighted by molar-refractivity contribution is 5.85. The van der Waals surface area contributed by atoms with E-state index in [0.29, 0.717) is 5.75 Å². The van der Waals surface area contributed by atoms with Gasteiger partial charge in [-0.15, -0.1) is 0 Å². The number of aromatic nitrogens is 1. The summed E-state index contributed by atoms with van der Waals surface area (Å²) in [4.78, 5) is 23.9. The first kappa shape index (κ1) is 17.5. The van der Waals surface area contributed by atoms with Gasteiger partial charge in [0.2, 0.25) is 0 Å². The fourth-order valence-corrected chi connectivity index (χ4v) is 2.75. The summed E-state index contributed by atoms with van der Waals surface area (Å²) in [5, 5.41) is 1.06. The highest BCUT2D eigenvalue weighted by atomic mass is 16.5. The lowest BCUT2D eigenvalue weighted by Gasteiger charge is -2.11. The Balaban J connectivity index is 1.47. The van der Waals surface area contributed by atoms with Crippen molar-refractivity contribution in [1.29, 1.82) is 0 Å². The number of para-hydroxylation sites is 1. The molecule has 0 aliphatic carbocycles. The third-order valence-electron chi connectivity index (χ3n) is 4.02. The van der Waals surface area contributed by atoms with Gasteiger partial charge in [0.25, 0.3) is 11.8 Å². The molecule has 0 radical (unpaired) electrons. The molecule has 0 fully saturated rings. The summed E-state index contributed by atoms with van der Waals surface area (Å²) in [6.45, 7) is 3.86. The molecule has 2 N–H and O–H groups in total. The first-order valence-corrected chi connectivity index (χ1v) is 8.34. The fourth-order valence-electron chi connectivity index (χ4n) is 2.75. The fraction of sp³-hybridized carbons (Fsp3) is 0.200. The lowest BCUT2D eigenvalue weighted by molar-refractivity contribution is -0.130. The molecule has 0 saturated heterocycles. The number of benzene rings is 2. The van der Waals surface area contributed by atoms with Crippen LogP contribution in [-0.2, 0) is 16.1 Å². The van der Waals surface area contributed by atoms with Gasteiger partial charge in [0, 0.05) is 11.7 Å². The number of carbonyl (C=O) groups excluding carboxylic acids is 2. The van der Waals surface area contributed by atoms with Crippen LogP contribution < -0.4 is 15.6 Å². The predicted octanol–water partition coefficient (Wildman–Crippen LogP) is 2.48. The normalized spacial score (nSPS) is 10.5. The minimum atomic E-state index is -0.421. The molecule has 26 heavy (non-hydrogen) atoms. The van der Waals surface area contributed by atoms with Gasteiger partial charge in [-0.05, 0) is 43.0 Å². The molecule has 0 unspecified atom stereocenters. The lowest BCUT2D eigenvalue weighted by Crippen LogP contribution is -2.45. The Morgan fingerprint density at radius 2 is 1.77 bits per heavy atom. The molecule has 0 spiro atoms. The number of carbonyl (C=O) groups is 2. The topological polar surface area (TPSA) is 72.4 Å². The van der Waals surface area contributed by atoms with E-state index in [2.05, 4.69) is 10.9 Å². The van der Waals surface area contributed by atoms with E-state index in [-0.39, 0.29) is 19.1 Å². The lowest BCUT2D eigenvalue weighted by atomic mass is 10.1. The summed E-state index contributed by atoms with van der Waals surface area (Å²) >= 11 is 0. The van der Waals surface area contributed by atoms with Gasteiger partial charge < -0.3 is 9.30 Å². The van der Waals surface area contributed by atoms with Gasteiger partial charge in [0.05, 0.1) is 0 Å². The number of hydrazine groups is 1. The second-order valence-electron chi connectivity index (χ2n) is 6.16. The van der Waals surface area contributed by atoms with Crippen LogP contribution in [0.25, 0.3) is 10.9 Å². The number of ether oxygens (including phenoxy) is 1. The highest BCUT2D eigenvalue weighted by Gasteiger charge is 2.09. The molecule has 0 aliphatic rings. The summed E-state index contributed by atoms with van der Waals surface area (Å²) < 4.78 is 7.30. The van der Waals surface area contributed by atoms with Crippen LogP contribution >= 0.6 is 0 Å². The summed E-state index contributed by atoms with van der Waals surface area (Å²) in [6, 6.07) is 15.5. The summed E-state index contributed by atoms with van der Waals surface area (Å²) in [5.41, 5.74) is 7.83. The van der Waals surface area contributed by atoms with Gasteiger partial charge in [-0.1, -0.05) is 35.9 Å². The zero-order valence-electron chi connectivity index (χ0n) is 14.8. The van der Waals surface area contributed by atoms with Gasteiger partial charge in [-0.3, -0.25) is 20.4 Å². The Bertz CT molecular complexity index is 946. The molecular formula is C20H21N3O3. The van der Waals surface area contributed by atoms with Crippen molar-refractivity contribution in [1.82, 2.24) is 15.4 Å². The molecular weight excluding hydrogens is 330 g/mol. The SMILES string of the molecule is Cc1ccc(OCC(=O)NNC(=O)Cn2ccc3ccccc32)c(C)c1. The minimum absolute atomic E-state index is 0.117. The van der Waals surface area contributed by atoms with Crippen LogP contribution in [0.3, 0.4) is 0 Å². The van der Waals surface area contributed by atoms with Crippen molar-refractivity contribution in [2.24, 2.45) is 0 Å². The molecule has 2 amide bonds. The molecule has 1 heterocycles. The van der Waals surface area contributed by atoms with Crippen molar-refractivity contribution in [3.63, 3.8) is 0 Å². The van der Waals surface area contributed by atoms with Crippen LogP contribution in [0.4, 0.5) is 0 Å². The second-order valence-corrected chi connectivity index (χ2v) is 6.16. The highest BCUT2D eigenvalue weighted by Crippen LogP contribution is 2.18. The van der Waals surface area contributed by atoms with Crippen molar-refractivity contribution in [3.05, 3.63) is 65.9 Å². The first-order valence-electron chi connectivity index (χ1n) is 8.34. The number of fused-ring (bicyclic) bond motifs is 1. The Morgan fingerprint density at radius 1 is 1.00 bits per heavy atom. The zero-order valence-corrected chi connectivity index (χ0v) is 14.8. The Kier molecular flexibility index (Phi) is 5.22. The molecule has 6 heteroatoms. The minimum Gasteiger partial charge on any atom is -0.483 e. The zero-order chi connectivity index (χ0) is 18.5. The van der Waals surface area contributed by atoms with Crippen molar-refractivity contribution < 1.29 is 14.3 Å². The summed E-state index contributed by atoms with van der Waals surface area (Å²) in [5.74, 6) is -0.0854. The molecule has 0 aliphatic heterocycles. The predicted molar refractivity (Wildman–Crippen MR) is 99.6 cm³/mol. The molecule has 2 aromatic carbocycles. The molecule has 0 atom stereocenters. The molecule has 6 nitrogen and oxygen atoms in total. The number of nitrogens with one attached hydrogen (secondary N) is 2. The number of amides is 2. The van der Waals surface area contributed by atoms with Gasteiger partial charge in [0.1, 0.15) is 12.3 Å². The van der Waals surface area contributed by atoms with Crippen LogP contribution in [0.1, 0.15) is 11.1 Å². The number of hydrogen-bond donors (Lipinski definition) is 2. The Hall–Kier alpha value is -3.28. The number of nitrogens with zero attached hydrogens (tertiary/aromatic N) is 1. The van der Waals surface area contributed by atoms with Crippen LogP contribution in [0.5, 0.6) is 5.75 Å². The van der Waals surface area contributed by atoms with E-state index in [4.69, 9.17) is 4.74 Å². The van der Waals surface area contributed by atoms with E-state index in [9.17, 15) is 9.59 Å². The molecule has 0 saturated carbocycles. The Labute approximate surface area is 151 Å². The maximum atomic E-state index is 12.0. The van der Waals surface area contributed by atoms with E-state index < -0.39 is 5.91 Å². The summed E-state index contributed by atoms with van der Waals surface area (Å²) in [6.07, 6.45) is 1.84. The molecule has 134 valence electrons. The van der Waals surface area contributed by atoms with Crippen LogP contribution in [-0.4, -0.2) is 23.0 Å². The van der Waals surface area contributed by atoms with Crippen molar-refractivity contribution >= 4 is 22.7 Å². The van der Waals surface area contributed by atoms with E-state index >= 15 is 0 Å². The molecule has 0 bridgehead atoms. The average molecular weight is 351 g/mol. The van der Waals surface area contributed by atoms with Crippen LogP contribution in [0.15, 0.2) is 54.7 Å². The first-order chi connectivity index (χ1) is 12.5. The van der Waals surface area contributed by atoms with Crippen molar-refractivity contribution in [2.45, 2.75) is 20.4 Å². The second kappa shape index (κ2) is 7.74. The standard InChI is InChI=1S/C20H21N3O3/c1-14-7-8-18(15(2)11-14)26-13-20(25)22-21-19(24)12-23-10-9-16-5-3-4-6-17(16)23/h3-11H,12-13H2,1-2H3,(H,21,24)(H,22,25). The van der Waals surface area contributed by atoms with Crippen molar-refractivity contribution in [2.75, 3.05) is 6.61 Å². The molecule has 3 rings (SSSR count). The third kappa shape index (κ3) is 4.22. The maximum absolute atomic E-state index is 12.0. The molecule has 1 aromatic heterocycles. The van der Waals surface area contributed by atoms with E-state index in [1.165, 1.54) is 0 Å². The number of rotatable bonds is 5. The van der Waals surface area contributed by atoms with Gasteiger partial charge in [-0.25, -0.2) is 0 Å². The molecule has 3 aromatic rings. The largest absolute Gasteiger partial charge is 0.483 e. The van der Waals surface area contributed by atoms with E-state index in [1.54, 1.807) is 0 Å².